The molecule has 2 heterocycles. The van der Waals surface area contributed by atoms with Crippen molar-refractivity contribution in [3.63, 3.8) is 0 Å². The van der Waals surface area contributed by atoms with E-state index in [1.807, 2.05) is 0 Å². The molecule has 0 unspecified atom stereocenters. The number of carbonyl (C=O) groups is 4. The highest BCUT2D eigenvalue weighted by Crippen LogP contribution is 2.40. The summed E-state index contributed by atoms with van der Waals surface area (Å²) in [4.78, 5) is 52.8. The molecule has 156 valence electrons. The SMILES string of the molecule is COC(=O)c1c(NC(=O)[C@@H](C)N2C(=O)c3ccccc3C2=O)sc2c1CC[C@H](C)C2. The number of hydrogen-bond donors (Lipinski definition) is 1. The largest absolute Gasteiger partial charge is 0.465 e. The fourth-order valence-corrected chi connectivity index (χ4v) is 5.45. The van der Waals surface area contributed by atoms with Crippen molar-refractivity contribution in [1.29, 1.82) is 0 Å². The molecule has 1 aromatic heterocycles. The minimum Gasteiger partial charge on any atom is -0.465 e. The summed E-state index contributed by atoms with van der Waals surface area (Å²) in [7, 11) is 1.31. The number of rotatable bonds is 4. The fraction of sp³-hybridized carbons (Fsp3) is 0.364. The number of esters is 1. The smallest absolute Gasteiger partial charge is 0.341 e. The van der Waals surface area contributed by atoms with Gasteiger partial charge in [0.2, 0.25) is 5.91 Å². The molecule has 0 spiro atoms. The lowest BCUT2D eigenvalue weighted by Crippen LogP contribution is -2.45. The number of thiophene rings is 1. The number of amides is 3. The summed E-state index contributed by atoms with van der Waals surface area (Å²) in [6.45, 7) is 3.66. The van der Waals surface area contributed by atoms with Crippen molar-refractivity contribution in [2.24, 2.45) is 5.92 Å². The van der Waals surface area contributed by atoms with Gasteiger partial charge in [-0.2, -0.15) is 0 Å². The molecule has 1 aliphatic carbocycles. The molecule has 0 fully saturated rings. The quantitative estimate of drug-likeness (QED) is 0.598. The molecule has 30 heavy (non-hydrogen) atoms. The Morgan fingerprint density at radius 2 is 1.83 bits per heavy atom. The number of ether oxygens (including phenoxy) is 1. The van der Waals surface area contributed by atoms with Crippen molar-refractivity contribution in [3.8, 4) is 0 Å². The van der Waals surface area contributed by atoms with Crippen LogP contribution in [0.1, 0.15) is 61.8 Å². The van der Waals surface area contributed by atoms with Gasteiger partial charge in [0.05, 0.1) is 23.8 Å². The van der Waals surface area contributed by atoms with Crippen LogP contribution in [-0.2, 0) is 22.4 Å². The van der Waals surface area contributed by atoms with E-state index in [2.05, 4.69) is 12.2 Å². The average Bonchev–Trinajstić information content (AvgIpc) is 3.21. The normalized spacial score (nSPS) is 18.6. The predicted molar refractivity (Wildman–Crippen MR) is 112 cm³/mol. The summed E-state index contributed by atoms with van der Waals surface area (Å²) < 4.78 is 4.94. The molecule has 3 amide bonds. The van der Waals surface area contributed by atoms with Crippen molar-refractivity contribution >= 4 is 40.0 Å². The zero-order chi connectivity index (χ0) is 21.6. The summed E-state index contributed by atoms with van der Waals surface area (Å²) in [5.74, 6) is -1.51. The van der Waals surface area contributed by atoms with Crippen LogP contribution >= 0.6 is 11.3 Å². The summed E-state index contributed by atoms with van der Waals surface area (Å²) in [6, 6.07) is 5.48. The zero-order valence-electron chi connectivity index (χ0n) is 17.0. The molecule has 4 rings (SSSR count). The first-order valence-electron chi connectivity index (χ1n) is 9.84. The van der Waals surface area contributed by atoms with E-state index in [4.69, 9.17) is 4.74 Å². The van der Waals surface area contributed by atoms with Gasteiger partial charge in [0.1, 0.15) is 11.0 Å². The van der Waals surface area contributed by atoms with Gasteiger partial charge in [-0.15, -0.1) is 11.3 Å². The van der Waals surface area contributed by atoms with Crippen LogP contribution < -0.4 is 5.32 Å². The second kappa shape index (κ2) is 7.68. The monoisotopic (exact) mass is 426 g/mol. The second-order valence-electron chi connectivity index (χ2n) is 7.74. The van der Waals surface area contributed by atoms with E-state index >= 15 is 0 Å². The van der Waals surface area contributed by atoms with Crippen molar-refractivity contribution in [2.75, 3.05) is 12.4 Å². The van der Waals surface area contributed by atoms with Crippen LogP contribution in [0.5, 0.6) is 0 Å². The van der Waals surface area contributed by atoms with Crippen molar-refractivity contribution in [1.82, 2.24) is 4.90 Å². The number of nitrogens with zero attached hydrogens (tertiary/aromatic N) is 1. The van der Waals surface area contributed by atoms with E-state index in [0.29, 0.717) is 16.5 Å². The first-order chi connectivity index (χ1) is 14.3. The van der Waals surface area contributed by atoms with E-state index in [0.717, 1.165) is 34.6 Å². The predicted octanol–water partition coefficient (Wildman–Crippen LogP) is 3.28. The average molecular weight is 426 g/mol. The molecule has 0 saturated carbocycles. The van der Waals surface area contributed by atoms with Crippen LogP contribution in [0.25, 0.3) is 0 Å². The third-order valence-electron chi connectivity index (χ3n) is 5.73. The maximum absolute atomic E-state index is 13.0. The minimum atomic E-state index is -1.03. The van der Waals surface area contributed by atoms with Crippen molar-refractivity contribution < 1.29 is 23.9 Å². The molecule has 2 aliphatic rings. The van der Waals surface area contributed by atoms with E-state index in [-0.39, 0.29) is 11.1 Å². The van der Waals surface area contributed by atoms with Crippen molar-refractivity contribution in [2.45, 2.75) is 39.2 Å². The first kappa shape index (κ1) is 20.3. The van der Waals surface area contributed by atoms with Gasteiger partial charge in [0, 0.05) is 4.88 Å². The summed E-state index contributed by atoms with van der Waals surface area (Å²) >= 11 is 1.37. The topological polar surface area (TPSA) is 92.8 Å². The molecule has 1 N–H and O–H groups in total. The maximum Gasteiger partial charge on any atom is 0.341 e. The Hall–Kier alpha value is -3.00. The minimum absolute atomic E-state index is 0.290. The lowest BCUT2D eigenvalue weighted by atomic mass is 9.88. The Morgan fingerprint density at radius 3 is 2.43 bits per heavy atom. The zero-order valence-corrected chi connectivity index (χ0v) is 17.8. The molecule has 0 saturated heterocycles. The number of benzene rings is 1. The van der Waals surface area contributed by atoms with Gasteiger partial charge in [0.15, 0.2) is 0 Å². The highest BCUT2D eigenvalue weighted by atomic mass is 32.1. The fourth-order valence-electron chi connectivity index (χ4n) is 4.05. The molecule has 8 heteroatoms. The van der Waals surface area contributed by atoms with E-state index in [1.165, 1.54) is 25.4 Å². The summed E-state index contributed by atoms with van der Waals surface area (Å²) in [6.07, 6.45) is 2.56. The Kier molecular flexibility index (Phi) is 5.19. The lowest BCUT2D eigenvalue weighted by Gasteiger charge is -2.21. The maximum atomic E-state index is 13.0. The standard InChI is InChI=1S/C22H22N2O5S/c1-11-8-9-15-16(10-11)30-19(17(15)22(28)29-3)23-18(25)12(2)24-20(26)13-6-4-5-7-14(13)21(24)27/h4-7,11-12H,8-10H2,1-3H3,(H,23,25)/t11-,12+/m0/s1. The Bertz CT molecular complexity index is 1040. The van der Waals surface area contributed by atoms with Crippen LogP contribution in [-0.4, -0.2) is 41.7 Å². The Balaban J connectivity index is 1.61. The van der Waals surface area contributed by atoms with E-state index in [9.17, 15) is 19.2 Å². The van der Waals surface area contributed by atoms with Gasteiger partial charge in [-0.05, 0) is 49.8 Å². The molecule has 2 atom stereocenters. The molecule has 1 aromatic carbocycles. The molecule has 1 aliphatic heterocycles. The van der Waals surface area contributed by atoms with Gasteiger partial charge >= 0.3 is 5.97 Å². The number of nitrogens with one attached hydrogen (secondary N) is 1. The van der Waals surface area contributed by atoms with Gasteiger partial charge in [-0.25, -0.2) is 4.79 Å². The highest BCUT2D eigenvalue weighted by Gasteiger charge is 2.41. The first-order valence-corrected chi connectivity index (χ1v) is 10.7. The van der Waals surface area contributed by atoms with Crippen LogP contribution in [0.15, 0.2) is 24.3 Å². The van der Waals surface area contributed by atoms with Gasteiger partial charge in [-0.1, -0.05) is 19.1 Å². The number of methoxy groups -OCH3 is 1. The van der Waals surface area contributed by atoms with Crippen LogP contribution in [0.4, 0.5) is 5.00 Å². The lowest BCUT2D eigenvalue weighted by molar-refractivity contribution is -0.119. The summed E-state index contributed by atoms with van der Waals surface area (Å²) in [5, 5.41) is 3.19. The number of carbonyl (C=O) groups excluding carboxylic acids is 4. The second-order valence-corrected chi connectivity index (χ2v) is 8.84. The van der Waals surface area contributed by atoms with E-state index in [1.54, 1.807) is 24.3 Å². The third kappa shape index (κ3) is 3.21. The number of fused-ring (bicyclic) bond motifs is 2. The molecule has 0 radical (unpaired) electrons. The molecular formula is C22H22N2O5S. The van der Waals surface area contributed by atoms with Gasteiger partial charge in [-0.3, -0.25) is 19.3 Å². The molecule has 0 bridgehead atoms. The Labute approximate surface area is 178 Å². The van der Waals surface area contributed by atoms with Crippen molar-refractivity contribution in [3.05, 3.63) is 51.4 Å². The van der Waals surface area contributed by atoms with Crippen LogP contribution in [0, 0.1) is 5.92 Å². The summed E-state index contributed by atoms with van der Waals surface area (Å²) in [5.41, 5.74) is 1.89. The third-order valence-corrected chi connectivity index (χ3v) is 6.90. The molecule has 7 nitrogen and oxygen atoms in total. The highest BCUT2D eigenvalue weighted by molar-refractivity contribution is 7.17. The number of imide groups is 1. The molecule has 2 aromatic rings. The number of anilines is 1. The Morgan fingerprint density at radius 1 is 1.20 bits per heavy atom. The van der Waals surface area contributed by atoms with Gasteiger partial charge < -0.3 is 10.1 Å². The van der Waals surface area contributed by atoms with Gasteiger partial charge in [0.25, 0.3) is 11.8 Å². The molecular weight excluding hydrogens is 404 g/mol. The van der Waals surface area contributed by atoms with E-state index < -0.39 is 29.7 Å². The van der Waals surface area contributed by atoms with Crippen LogP contribution in [0.2, 0.25) is 0 Å². The number of hydrogen-bond acceptors (Lipinski definition) is 6. The van der Waals surface area contributed by atoms with Crippen LogP contribution in [0.3, 0.4) is 0 Å².